The molecule has 2 N–H and O–H groups in total. The summed E-state index contributed by atoms with van der Waals surface area (Å²) in [5, 5.41) is 6.20. The molecule has 17 heavy (non-hydrogen) atoms. The smallest absolute Gasteiger partial charge is 0.234 e. The van der Waals surface area contributed by atoms with Gasteiger partial charge in [-0.3, -0.25) is 9.69 Å². The standard InChI is InChI=1S/C12H25N3O.ClH/c1-4-10(2)14-12(16)9-15-6-5-11(8-15)7-13-3;/h10-11,13H,4-9H2,1-3H3,(H,14,16);1H. The van der Waals surface area contributed by atoms with Gasteiger partial charge in [-0.2, -0.15) is 0 Å². The maximum absolute atomic E-state index is 11.7. The molecule has 1 aliphatic heterocycles. The maximum atomic E-state index is 11.7. The van der Waals surface area contributed by atoms with Crippen LogP contribution < -0.4 is 10.6 Å². The van der Waals surface area contributed by atoms with E-state index >= 15 is 0 Å². The molecule has 2 atom stereocenters. The second-order valence-corrected chi connectivity index (χ2v) is 4.82. The predicted octanol–water partition coefficient (Wildman–Crippen LogP) is 0.864. The van der Waals surface area contributed by atoms with E-state index in [4.69, 9.17) is 0 Å². The van der Waals surface area contributed by atoms with E-state index in [1.807, 2.05) is 14.0 Å². The number of nitrogens with zero attached hydrogens (tertiary/aromatic N) is 1. The van der Waals surface area contributed by atoms with E-state index in [0.717, 1.165) is 26.1 Å². The van der Waals surface area contributed by atoms with Crippen LogP contribution in [0.15, 0.2) is 0 Å². The number of amides is 1. The third-order valence-electron chi connectivity index (χ3n) is 3.25. The number of carbonyl (C=O) groups excluding carboxylic acids is 1. The molecular weight excluding hydrogens is 238 g/mol. The van der Waals surface area contributed by atoms with Gasteiger partial charge in [0.25, 0.3) is 0 Å². The molecule has 1 aliphatic rings. The summed E-state index contributed by atoms with van der Waals surface area (Å²) in [5.41, 5.74) is 0. The van der Waals surface area contributed by atoms with Crippen molar-refractivity contribution in [2.75, 3.05) is 33.2 Å². The molecule has 2 unspecified atom stereocenters. The fraction of sp³-hybridized carbons (Fsp3) is 0.917. The Morgan fingerprint density at radius 3 is 2.82 bits per heavy atom. The molecule has 0 aromatic carbocycles. The summed E-state index contributed by atoms with van der Waals surface area (Å²) in [5.74, 6) is 0.876. The first-order valence-electron chi connectivity index (χ1n) is 6.32. The van der Waals surface area contributed by atoms with Gasteiger partial charge >= 0.3 is 0 Å². The molecule has 1 rings (SSSR count). The number of likely N-dealkylation sites (tertiary alicyclic amines) is 1. The first-order valence-corrected chi connectivity index (χ1v) is 6.32. The summed E-state index contributed by atoms with van der Waals surface area (Å²) in [7, 11) is 1.98. The largest absolute Gasteiger partial charge is 0.353 e. The van der Waals surface area contributed by atoms with Gasteiger partial charge in [0.1, 0.15) is 0 Å². The summed E-state index contributed by atoms with van der Waals surface area (Å²) in [6.07, 6.45) is 2.20. The minimum Gasteiger partial charge on any atom is -0.353 e. The van der Waals surface area contributed by atoms with Crippen molar-refractivity contribution in [3.05, 3.63) is 0 Å². The van der Waals surface area contributed by atoms with Crippen LogP contribution in [0.3, 0.4) is 0 Å². The lowest BCUT2D eigenvalue weighted by Crippen LogP contribution is -2.40. The molecule has 0 spiro atoms. The van der Waals surface area contributed by atoms with Crippen LogP contribution in [0.25, 0.3) is 0 Å². The van der Waals surface area contributed by atoms with Crippen molar-refractivity contribution in [1.82, 2.24) is 15.5 Å². The van der Waals surface area contributed by atoms with Crippen molar-refractivity contribution < 1.29 is 4.79 Å². The molecule has 0 aliphatic carbocycles. The Balaban J connectivity index is 0.00000256. The van der Waals surface area contributed by atoms with E-state index in [1.54, 1.807) is 0 Å². The summed E-state index contributed by atoms with van der Waals surface area (Å²) in [6.45, 7) is 7.86. The summed E-state index contributed by atoms with van der Waals surface area (Å²) < 4.78 is 0. The Labute approximate surface area is 111 Å². The van der Waals surface area contributed by atoms with Crippen molar-refractivity contribution in [2.24, 2.45) is 5.92 Å². The second-order valence-electron chi connectivity index (χ2n) is 4.82. The molecule has 1 amide bonds. The van der Waals surface area contributed by atoms with Crippen molar-refractivity contribution >= 4 is 18.3 Å². The quantitative estimate of drug-likeness (QED) is 0.747. The molecule has 1 heterocycles. The Hall–Kier alpha value is -0.320. The number of carbonyl (C=O) groups is 1. The van der Waals surface area contributed by atoms with Crippen LogP contribution in [0.4, 0.5) is 0 Å². The van der Waals surface area contributed by atoms with Crippen molar-refractivity contribution in [3.8, 4) is 0 Å². The highest BCUT2D eigenvalue weighted by Gasteiger charge is 2.23. The highest BCUT2D eigenvalue weighted by molar-refractivity contribution is 5.85. The maximum Gasteiger partial charge on any atom is 0.234 e. The van der Waals surface area contributed by atoms with E-state index in [1.165, 1.54) is 6.42 Å². The fourth-order valence-corrected chi connectivity index (χ4v) is 2.14. The van der Waals surface area contributed by atoms with Crippen molar-refractivity contribution in [3.63, 3.8) is 0 Å². The lowest BCUT2D eigenvalue weighted by molar-refractivity contribution is -0.122. The van der Waals surface area contributed by atoms with Crippen molar-refractivity contribution in [2.45, 2.75) is 32.7 Å². The molecule has 0 aromatic heterocycles. The van der Waals surface area contributed by atoms with Gasteiger partial charge in [-0.25, -0.2) is 0 Å². The van der Waals surface area contributed by atoms with Crippen LogP contribution in [-0.2, 0) is 4.79 Å². The normalized spacial score (nSPS) is 21.9. The van der Waals surface area contributed by atoms with Gasteiger partial charge in [0.15, 0.2) is 0 Å². The van der Waals surface area contributed by atoms with E-state index in [2.05, 4.69) is 22.5 Å². The van der Waals surface area contributed by atoms with Crippen LogP contribution in [-0.4, -0.2) is 50.1 Å². The third-order valence-corrected chi connectivity index (χ3v) is 3.25. The molecule has 0 radical (unpaired) electrons. The number of halogens is 1. The molecule has 1 fully saturated rings. The summed E-state index contributed by atoms with van der Waals surface area (Å²) in [4.78, 5) is 13.9. The molecule has 0 saturated carbocycles. The van der Waals surface area contributed by atoms with E-state index in [0.29, 0.717) is 18.5 Å². The number of nitrogens with one attached hydrogen (secondary N) is 2. The van der Waals surface area contributed by atoms with Gasteiger partial charge in [-0.1, -0.05) is 6.92 Å². The minimum atomic E-state index is 0. The van der Waals surface area contributed by atoms with E-state index < -0.39 is 0 Å². The molecule has 0 bridgehead atoms. The first kappa shape index (κ1) is 16.7. The Morgan fingerprint density at radius 1 is 1.53 bits per heavy atom. The number of hydrogen-bond donors (Lipinski definition) is 2. The Bertz CT molecular complexity index is 226. The van der Waals surface area contributed by atoms with Crippen LogP contribution >= 0.6 is 12.4 Å². The summed E-state index contributed by atoms with van der Waals surface area (Å²) in [6, 6.07) is 0.295. The third kappa shape index (κ3) is 6.24. The number of hydrogen-bond acceptors (Lipinski definition) is 3. The van der Waals surface area contributed by atoms with Gasteiger partial charge < -0.3 is 10.6 Å². The van der Waals surface area contributed by atoms with Gasteiger partial charge in [-0.05, 0) is 45.8 Å². The highest BCUT2D eigenvalue weighted by Crippen LogP contribution is 2.14. The zero-order valence-corrected chi connectivity index (χ0v) is 12.0. The van der Waals surface area contributed by atoms with Crippen LogP contribution in [0.5, 0.6) is 0 Å². The molecule has 102 valence electrons. The van der Waals surface area contributed by atoms with Gasteiger partial charge in [0, 0.05) is 12.6 Å². The van der Waals surface area contributed by atoms with E-state index in [-0.39, 0.29) is 18.3 Å². The van der Waals surface area contributed by atoms with E-state index in [9.17, 15) is 4.79 Å². The average Bonchev–Trinajstić information content (AvgIpc) is 2.65. The molecule has 1 saturated heterocycles. The molecule has 5 heteroatoms. The monoisotopic (exact) mass is 263 g/mol. The van der Waals surface area contributed by atoms with Gasteiger partial charge in [-0.15, -0.1) is 12.4 Å². The fourth-order valence-electron chi connectivity index (χ4n) is 2.14. The molecular formula is C12H26ClN3O. The average molecular weight is 264 g/mol. The van der Waals surface area contributed by atoms with Crippen LogP contribution in [0.2, 0.25) is 0 Å². The summed E-state index contributed by atoms with van der Waals surface area (Å²) >= 11 is 0. The lowest BCUT2D eigenvalue weighted by atomic mass is 10.1. The zero-order valence-electron chi connectivity index (χ0n) is 11.2. The molecule has 4 nitrogen and oxygen atoms in total. The predicted molar refractivity (Wildman–Crippen MR) is 73.6 cm³/mol. The van der Waals surface area contributed by atoms with Crippen LogP contribution in [0.1, 0.15) is 26.7 Å². The highest BCUT2D eigenvalue weighted by atomic mass is 35.5. The second kappa shape index (κ2) is 8.72. The Morgan fingerprint density at radius 2 is 2.24 bits per heavy atom. The topological polar surface area (TPSA) is 44.4 Å². The first-order chi connectivity index (χ1) is 7.65. The van der Waals surface area contributed by atoms with Gasteiger partial charge in [0.2, 0.25) is 5.91 Å². The zero-order chi connectivity index (χ0) is 12.0. The lowest BCUT2D eigenvalue weighted by Gasteiger charge is -2.17. The SMILES string of the molecule is CCC(C)NC(=O)CN1CCC(CNC)C1.Cl. The van der Waals surface area contributed by atoms with Crippen molar-refractivity contribution in [1.29, 1.82) is 0 Å². The minimum absolute atomic E-state index is 0. The number of rotatable bonds is 6. The Kier molecular flexibility index (Phi) is 8.56. The van der Waals surface area contributed by atoms with Crippen LogP contribution in [0, 0.1) is 5.92 Å². The van der Waals surface area contributed by atoms with Gasteiger partial charge in [0.05, 0.1) is 6.54 Å². The molecule has 0 aromatic rings.